The summed E-state index contributed by atoms with van der Waals surface area (Å²) < 4.78 is 13.0. The lowest BCUT2D eigenvalue weighted by Gasteiger charge is -2.06. The SMILES string of the molecule is O=C(Cc1c(Cl)cccc1Cl)Nc1nc(-c2ccc(F)cc2)cs1. The molecule has 0 radical (unpaired) electrons. The summed E-state index contributed by atoms with van der Waals surface area (Å²) in [6.45, 7) is 0. The second-order valence-electron chi connectivity index (χ2n) is 4.97. The minimum absolute atomic E-state index is 0.0595. The molecule has 1 aromatic heterocycles. The van der Waals surface area contributed by atoms with Crippen molar-refractivity contribution in [3.8, 4) is 11.3 Å². The Bertz CT molecular complexity index is 860. The fourth-order valence-corrected chi connectivity index (χ4v) is 3.38. The smallest absolute Gasteiger partial charge is 0.230 e. The van der Waals surface area contributed by atoms with Crippen molar-refractivity contribution in [1.29, 1.82) is 0 Å². The first kappa shape index (κ1) is 16.9. The topological polar surface area (TPSA) is 42.0 Å². The van der Waals surface area contributed by atoms with E-state index >= 15 is 0 Å². The Hall–Kier alpha value is -1.95. The summed E-state index contributed by atoms with van der Waals surface area (Å²) in [5.41, 5.74) is 2.03. The van der Waals surface area contributed by atoms with Crippen LogP contribution in [-0.4, -0.2) is 10.9 Å². The molecule has 0 aliphatic rings. The molecule has 3 nitrogen and oxygen atoms in total. The predicted molar refractivity (Wildman–Crippen MR) is 96.3 cm³/mol. The van der Waals surface area contributed by atoms with Gasteiger partial charge in [-0.2, -0.15) is 0 Å². The maximum atomic E-state index is 13.0. The molecule has 2 aromatic carbocycles. The summed E-state index contributed by atoms with van der Waals surface area (Å²) in [5.74, 6) is -0.566. The number of amides is 1. The van der Waals surface area contributed by atoms with Crippen LogP contribution in [0.1, 0.15) is 5.56 Å². The van der Waals surface area contributed by atoms with E-state index in [0.717, 1.165) is 5.56 Å². The second kappa shape index (κ2) is 7.30. The number of halogens is 3. The van der Waals surface area contributed by atoms with E-state index < -0.39 is 0 Å². The molecule has 0 atom stereocenters. The fraction of sp³-hybridized carbons (Fsp3) is 0.0588. The minimum atomic E-state index is -0.306. The van der Waals surface area contributed by atoms with Crippen LogP contribution in [0.5, 0.6) is 0 Å². The zero-order chi connectivity index (χ0) is 17.1. The van der Waals surface area contributed by atoms with E-state index in [1.807, 2.05) is 0 Å². The lowest BCUT2D eigenvalue weighted by atomic mass is 10.1. The molecule has 0 aliphatic carbocycles. The number of carbonyl (C=O) groups is 1. The van der Waals surface area contributed by atoms with E-state index in [1.54, 1.807) is 35.7 Å². The highest BCUT2D eigenvalue weighted by Gasteiger charge is 2.13. The standard InChI is InChI=1S/C17H11Cl2FN2OS/c18-13-2-1-3-14(19)12(13)8-16(23)22-17-21-15(9-24-17)10-4-6-11(20)7-5-10/h1-7,9H,8H2,(H,21,22,23). The largest absolute Gasteiger partial charge is 0.302 e. The highest BCUT2D eigenvalue weighted by atomic mass is 35.5. The van der Waals surface area contributed by atoms with Gasteiger partial charge < -0.3 is 5.32 Å². The summed E-state index contributed by atoms with van der Waals surface area (Å²) in [6, 6.07) is 11.1. The third-order valence-corrected chi connectivity index (χ3v) is 4.76. The van der Waals surface area contributed by atoms with Crippen molar-refractivity contribution >= 4 is 45.6 Å². The van der Waals surface area contributed by atoms with E-state index in [2.05, 4.69) is 10.3 Å². The van der Waals surface area contributed by atoms with Crippen molar-refractivity contribution in [1.82, 2.24) is 4.98 Å². The first-order chi connectivity index (χ1) is 11.5. The van der Waals surface area contributed by atoms with Crippen LogP contribution in [-0.2, 0) is 11.2 Å². The van der Waals surface area contributed by atoms with E-state index in [9.17, 15) is 9.18 Å². The molecular weight excluding hydrogens is 370 g/mol. The molecule has 24 heavy (non-hydrogen) atoms. The minimum Gasteiger partial charge on any atom is -0.302 e. The van der Waals surface area contributed by atoms with Crippen LogP contribution in [0.3, 0.4) is 0 Å². The van der Waals surface area contributed by atoms with Gasteiger partial charge in [-0.25, -0.2) is 9.37 Å². The molecule has 0 unspecified atom stereocenters. The summed E-state index contributed by atoms with van der Waals surface area (Å²) in [4.78, 5) is 16.5. The average Bonchev–Trinajstić information content (AvgIpc) is 3.00. The molecule has 0 saturated heterocycles. The summed E-state index contributed by atoms with van der Waals surface area (Å²) in [7, 11) is 0. The summed E-state index contributed by atoms with van der Waals surface area (Å²) >= 11 is 13.4. The van der Waals surface area contributed by atoms with Crippen molar-refractivity contribution in [2.75, 3.05) is 5.32 Å². The highest BCUT2D eigenvalue weighted by molar-refractivity contribution is 7.14. The molecule has 0 spiro atoms. The lowest BCUT2D eigenvalue weighted by Crippen LogP contribution is -2.14. The first-order valence-electron chi connectivity index (χ1n) is 6.97. The molecule has 3 rings (SSSR count). The van der Waals surface area contributed by atoms with Gasteiger partial charge in [-0.1, -0.05) is 29.3 Å². The molecule has 7 heteroatoms. The molecule has 1 N–H and O–H groups in total. The Morgan fingerprint density at radius 1 is 1.12 bits per heavy atom. The van der Waals surface area contributed by atoms with Gasteiger partial charge in [-0.3, -0.25) is 4.79 Å². The molecule has 122 valence electrons. The van der Waals surface area contributed by atoms with E-state index in [0.29, 0.717) is 26.4 Å². The van der Waals surface area contributed by atoms with Gasteiger partial charge >= 0.3 is 0 Å². The number of carbonyl (C=O) groups excluding carboxylic acids is 1. The molecule has 3 aromatic rings. The van der Waals surface area contributed by atoms with Gasteiger partial charge in [0, 0.05) is 21.0 Å². The number of aromatic nitrogens is 1. The highest BCUT2D eigenvalue weighted by Crippen LogP contribution is 2.27. The number of rotatable bonds is 4. The third kappa shape index (κ3) is 3.93. The van der Waals surface area contributed by atoms with Crippen LogP contribution in [0, 0.1) is 5.82 Å². The van der Waals surface area contributed by atoms with Crippen molar-refractivity contribution in [3.63, 3.8) is 0 Å². The van der Waals surface area contributed by atoms with Crippen LogP contribution in [0.15, 0.2) is 47.8 Å². The monoisotopic (exact) mass is 380 g/mol. The van der Waals surface area contributed by atoms with E-state index in [1.165, 1.54) is 23.5 Å². The van der Waals surface area contributed by atoms with Crippen LogP contribution in [0.2, 0.25) is 10.0 Å². The molecule has 1 amide bonds. The predicted octanol–water partition coefficient (Wildman–Crippen LogP) is 5.44. The Morgan fingerprint density at radius 2 is 1.79 bits per heavy atom. The van der Waals surface area contributed by atoms with Gasteiger partial charge in [0.15, 0.2) is 5.13 Å². The molecular formula is C17H11Cl2FN2OS. The number of benzene rings is 2. The zero-order valence-electron chi connectivity index (χ0n) is 12.2. The van der Waals surface area contributed by atoms with Gasteiger partial charge in [0.2, 0.25) is 5.91 Å². The van der Waals surface area contributed by atoms with Crippen LogP contribution >= 0.6 is 34.5 Å². The number of hydrogen-bond acceptors (Lipinski definition) is 3. The van der Waals surface area contributed by atoms with Gasteiger partial charge in [-0.15, -0.1) is 11.3 Å². The van der Waals surface area contributed by atoms with Crippen LogP contribution < -0.4 is 5.32 Å². The van der Waals surface area contributed by atoms with Crippen molar-refractivity contribution in [2.45, 2.75) is 6.42 Å². The van der Waals surface area contributed by atoms with Gasteiger partial charge in [0.25, 0.3) is 0 Å². The molecule has 0 aliphatic heterocycles. The summed E-state index contributed by atoms with van der Waals surface area (Å²) in [6.07, 6.45) is 0.0595. The molecule has 0 saturated carbocycles. The Kier molecular flexibility index (Phi) is 5.14. The van der Waals surface area contributed by atoms with Crippen LogP contribution in [0.4, 0.5) is 9.52 Å². The van der Waals surface area contributed by atoms with Crippen molar-refractivity contribution < 1.29 is 9.18 Å². The normalized spacial score (nSPS) is 10.6. The Balaban J connectivity index is 1.70. The van der Waals surface area contributed by atoms with Gasteiger partial charge in [0.05, 0.1) is 12.1 Å². The molecule has 1 heterocycles. The number of thiazole rings is 1. The second-order valence-corrected chi connectivity index (χ2v) is 6.64. The Labute approximate surface area is 152 Å². The zero-order valence-corrected chi connectivity index (χ0v) is 14.6. The summed E-state index contributed by atoms with van der Waals surface area (Å²) in [5, 5.41) is 5.88. The van der Waals surface area contributed by atoms with Gasteiger partial charge in [-0.05, 0) is 42.0 Å². The third-order valence-electron chi connectivity index (χ3n) is 3.29. The maximum Gasteiger partial charge on any atom is 0.230 e. The quantitative estimate of drug-likeness (QED) is 0.654. The lowest BCUT2D eigenvalue weighted by molar-refractivity contribution is -0.115. The van der Waals surface area contributed by atoms with E-state index in [-0.39, 0.29) is 18.1 Å². The molecule has 0 bridgehead atoms. The van der Waals surface area contributed by atoms with Crippen LogP contribution in [0.25, 0.3) is 11.3 Å². The van der Waals surface area contributed by atoms with Crippen molar-refractivity contribution in [2.24, 2.45) is 0 Å². The first-order valence-corrected chi connectivity index (χ1v) is 8.60. The molecule has 0 fully saturated rings. The fourth-order valence-electron chi connectivity index (χ4n) is 2.11. The average molecular weight is 381 g/mol. The number of nitrogens with zero attached hydrogens (tertiary/aromatic N) is 1. The van der Waals surface area contributed by atoms with Gasteiger partial charge in [0.1, 0.15) is 5.82 Å². The Morgan fingerprint density at radius 3 is 2.46 bits per heavy atom. The number of anilines is 1. The number of nitrogens with one attached hydrogen (secondary N) is 1. The number of hydrogen-bond donors (Lipinski definition) is 1. The van der Waals surface area contributed by atoms with E-state index in [4.69, 9.17) is 23.2 Å². The maximum absolute atomic E-state index is 13.0. The van der Waals surface area contributed by atoms with Crippen molar-refractivity contribution in [3.05, 3.63) is 69.3 Å².